The number of carbonyl (C=O) groups is 3. The Morgan fingerprint density at radius 1 is 1.10 bits per heavy atom. The molecule has 0 saturated carbocycles. The molecule has 0 aromatic rings. The van der Waals surface area contributed by atoms with Gasteiger partial charge in [-0.15, -0.1) is 0 Å². The Hall–Kier alpha value is -2.39. The van der Waals surface area contributed by atoms with E-state index in [4.69, 9.17) is 4.74 Å². The Morgan fingerprint density at radius 2 is 1.62 bits per heavy atom. The number of likely N-dealkylation sites (tertiary alicyclic amines) is 1. The highest BCUT2D eigenvalue weighted by Crippen LogP contribution is 2.59. The third kappa shape index (κ3) is 4.79. The van der Waals surface area contributed by atoms with E-state index in [-0.39, 0.29) is 6.61 Å². The standard InChI is InChI=1S/C19H32N2O8/c1-8-29-11(22)9-19(10-20(27)28)13(17(2,3)4)12(14(23)24)21(16(25)26)15(19)18(5,6)7/h12-13,15H,8-10H2,1-7H3,(H,23,24)(H,25,26)/t12-,13?,15?,19?/m0/s1. The zero-order valence-electron chi connectivity index (χ0n) is 18.1. The fourth-order valence-electron chi connectivity index (χ4n) is 5.36. The molecule has 10 nitrogen and oxygen atoms in total. The lowest BCUT2D eigenvalue weighted by Crippen LogP contribution is -2.55. The number of nitro groups is 1. The van der Waals surface area contributed by atoms with Crippen LogP contribution in [0.5, 0.6) is 0 Å². The molecule has 0 bridgehead atoms. The lowest BCUT2D eigenvalue weighted by atomic mass is 9.56. The van der Waals surface area contributed by atoms with Gasteiger partial charge in [-0.25, -0.2) is 9.59 Å². The van der Waals surface area contributed by atoms with Gasteiger partial charge in [0.15, 0.2) is 0 Å². The number of carboxylic acids is 1. The van der Waals surface area contributed by atoms with Crippen molar-refractivity contribution in [3.63, 3.8) is 0 Å². The molecule has 3 unspecified atom stereocenters. The van der Waals surface area contributed by atoms with E-state index in [0.29, 0.717) is 0 Å². The number of nitrogens with zero attached hydrogens (tertiary/aromatic N) is 2. The molecule has 1 aliphatic heterocycles. The SMILES string of the molecule is CCOC(=O)CC1(C[N+](=O)[O-])C(C(C)(C)C)[C@@H](C(=O)O)N(C(=O)O)C1C(C)(C)C. The first-order valence-corrected chi connectivity index (χ1v) is 9.52. The largest absolute Gasteiger partial charge is 0.480 e. The van der Waals surface area contributed by atoms with E-state index in [9.17, 15) is 34.7 Å². The third-order valence-electron chi connectivity index (χ3n) is 5.49. The molecule has 2 N–H and O–H groups in total. The molecule has 1 rings (SSSR count). The summed E-state index contributed by atoms with van der Waals surface area (Å²) in [6.45, 7) is 11.1. The second-order valence-corrected chi connectivity index (χ2v) is 9.79. The number of esters is 1. The van der Waals surface area contributed by atoms with E-state index in [2.05, 4.69) is 0 Å². The topological polar surface area (TPSA) is 147 Å². The molecule has 0 aliphatic carbocycles. The first-order valence-electron chi connectivity index (χ1n) is 9.52. The maximum Gasteiger partial charge on any atom is 0.408 e. The van der Waals surface area contributed by atoms with Crippen molar-refractivity contribution >= 4 is 18.0 Å². The molecule has 1 saturated heterocycles. The Kier molecular flexibility index (Phi) is 6.93. The van der Waals surface area contributed by atoms with Crippen LogP contribution in [0.4, 0.5) is 4.79 Å². The van der Waals surface area contributed by atoms with Crippen LogP contribution in [-0.2, 0) is 14.3 Å². The van der Waals surface area contributed by atoms with Crippen molar-refractivity contribution in [2.75, 3.05) is 13.2 Å². The van der Waals surface area contributed by atoms with Crippen molar-refractivity contribution in [3.05, 3.63) is 10.1 Å². The maximum absolute atomic E-state index is 12.5. The van der Waals surface area contributed by atoms with Crippen LogP contribution in [0, 0.1) is 32.3 Å². The molecular formula is C19H32N2O8. The van der Waals surface area contributed by atoms with E-state index in [1.807, 2.05) is 0 Å². The highest BCUT2D eigenvalue weighted by Gasteiger charge is 2.70. The number of carboxylic acid groups (broad SMARTS) is 2. The smallest absolute Gasteiger partial charge is 0.408 e. The summed E-state index contributed by atoms with van der Waals surface area (Å²) < 4.78 is 5.05. The normalized spacial score (nSPS) is 27.6. The molecule has 4 atom stereocenters. The molecule has 29 heavy (non-hydrogen) atoms. The van der Waals surface area contributed by atoms with Gasteiger partial charge in [-0.2, -0.15) is 0 Å². The molecule has 1 aliphatic rings. The summed E-state index contributed by atoms with van der Waals surface area (Å²) in [6.07, 6.45) is -1.93. The molecule has 0 radical (unpaired) electrons. The van der Waals surface area contributed by atoms with Gasteiger partial charge in [0.2, 0.25) is 6.54 Å². The summed E-state index contributed by atoms with van der Waals surface area (Å²) in [5, 5.41) is 31.6. The van der Waals surface area contributed by atoms with Crippen molar-refractivity contribution in [2.24, 2.45) is 22.2 Å². The number of aliphatic carboxylic acids is 1. The van der Waals surface area contributed by atoms with E-state index in [0.717, 1.165) is 4.90 Å². The van der Waals surface area contributed by atoms with Crippen molar-refractivity contribution in [2.45, 2.75) is 67.0 Å². The van der Waals surface area contributed by atoms with Gasteiger partial charge in [-0.3, -0.25) is 19.8 Å². The Balaban J connectivity index is 3.97. The average Bonchev–Trinajstić information content (AvgIpc) is 2.77. The van der Waals surface area contributed by atoms with Gasteiger partial charge in [0.25, 0.3) is 0 Å². The van der Waals surface area contributed by atoms with Crippen LogP contribution in [0.3, 0.4) is 0 Å². The van der Waals surface area contributed by atoms with Gasteiger partial charge in [-0.05, 0) is 17.8 Å². The lowest BCUT2D eigenvalue weighted by molar-refractivity contribution is -0.502. The second-order valence-electron chi connectivity index (χ2n) is 9.79. The molecule has 166 valence electrons. The number of ether oxygens (including phenoxy) is 1. The zero-order chi connectivity index (χ0) is 22.9. The van der Waals surface area contributed by atoms with Crippen molar-refractivity contribution < 1.29 is 34.3 Å². The van der Waals surface area contributed by atoms with Gasteiger partial charge < -0.3 is 14.9 Å². The lowest BCUT2D eigenvalue weighted by Gasteiger charge is -2.46. The minimum atomic E-state index is -1.56. The van der Waals surface area contributed by atoms with Crippen LogP contribution in [0.15, 0.2) is 0 Å². The van der Waals surface area contributed by atoms with Crippen LogP contribution < -0.4 is 0 Å². The summed E-state index contributed by atoms with van der Waals surface area (Å²) in [7, 11) is 0. The van der Waals surface area contributed by atoms with Gasteiger partial charge in [0, 0.05) is 10.8 Å². The van der Waals surface area contributed by atoms with E-state index in [1.54, 1.807) is 48.5 Å². The quantitative estimate of drug-likeness (QED) is 0.381. The molecular weight excluding hydrogens is 384 g/mol. The van der Waals surface area contributed by atoms with E-state index >= 15 is 0 Å². The van der Waals surface area contributed by atoms with Crippen LogP contribution in [0.25, 0.3) is 0 Å². The van der Waals surface area contributed by atoms with Gasteiger partial charge in [0.05, 0.1) is 24.5 Å². The predicted molar refractivity (Wildman–Crippen MR) is 103 cm³/mol. The van der Waals surface area contributed by atoms with Crippen LogP contribution in [0.1, 0.15) is 54.9 Å². The van der Waals surface area contributed by atoms with Crippen LogP contribution in [-0.4, -0.2) is 63.3 Å². The molecule has 1 amide bonds. The first-order chi connectivity index (χ1) is 13.0. The summed E-state index contributed by atoms with van der Waals surface area (Å²) in [4.78, 5) is 48.9. The van der Waals surface area contributed by atoms with E-state index < -0.39 is 70.2 Å². The highest BCUT2D eigenvalue weighted by molar-refractivity contribution is 5.82. The van der Waals surface area contributed by atoms with Gasteiger partial charge in [-0.1, -0.05) is 41.5 Å². The average molecular weight is 416 g/mol. The molecule has 1 fully saturated rings. The Labute approximate surface area is 170 Å². The summed E-state index contributed by atoms with van der Waals surface area (Å²) in [5.41, 5.74) is -3.29. The van der Waals surface area contributed by atoms with Crippen molar-refractivity contribution in [1.82, 2.24) is 4.90 Å². The van der Waals surface area contributed by atoms with Crippen molar-refractivity contribution in [1.29, 1.82) is 0 Å². The number of amides is 1. The number of hydrogen-bond donors (Lipinski definition) is 2. The number of rotatable bonds is 6. The Morgan fingerprint density at radius 3 is 1.93 bits per heavy atom. The highest BCUT2D eigenvalue weighted by atomic mass is 16.6. The van der Waals surface area contributed by atoms with Gasteiger partial charge in [0.1, 0.15) is 6.04 Å². The fraction of sp³-hybridized carbons (Fsp3) is 0.842. The summed E-state index contributed by atoms with van der Waals surface area (Å²) in [6, 6.07) is -2.63. The molecule has 0 spiro atoms. The third-order valence-corrected chi connectivity index (χ3v) is 5.49. The molecule has 1 heterocycles. The molecule has 0 aromatic carbocycles. The minimum absolute atomic E-state index is 0.0543. The Bertz CT molecular complexity index is 639. The summed E-state index contributed by atoms with van der Waals surface area (Å²) in [5.74, 6) is -3.10. The number of hydrogen-bond acceptors (Lipinski definition) is 6. The predicted octanol–water partition coefficient (Wildman–Crippen LogP) is 2.73. The van der Waals surface area contributed by atoms with Crippen LogP contribution >= 0.6 is 0 Å². The molecule has 0 aromatic heterocycles. The van der Waals surface area contributed by atoms with Crippen molar-refractivity contribution in [3.8, 4) is 0 Å². The maximum atomic E-state index is 12.5. The zero-order valence-corrected chi connectivity index (χ0v) is 18.1. The first kappa shape index (κ1) is 24.6. The summed E-state index contributed by atoms with van der Waals surface area (Å²) >= 11 is 0. The molecule has 10 heteroatoms. The minimum Gasteiger partial charge on any atom is -0.480 e. The fourth-order valence-corrected chi connectivity index (χ4v) is 5.36. The second kappa shape index (κ2) is 8.16. The van der Waals surface area contributed by atoms with E-state index in [1.165, 1.54) is 0 Å². The van der Waals surface area contributed by atoms with Gasteiger partial charge >= 0.3 is 18.0 Å². The monoisotopic (exact) mass is 416 g/mol. The van der Waals surface area contributed by atoms with Crippen LogP contribution in [0.2, 0.25) is 0 Å². The number of carbonyl (C=O) groups excluding carboxylic acids is 1.